The molecule has 0 saturated carbocycles. The van der Waals surface area contributed by atoms with Gasteiger partial charge in [0.1, 0.15) is 17.7 Å². The molecule has 0 radical (unpaired) electrons. The molecule has 2 aromatic carbocycles. The lowest BCUT2D eigenvalue weighted by Gasteiger charge is -2.22. The minimum absolute atomic E-state index is 0.123. The molecule has 0 fully saturated rings. The van der Waals surface area contributed by atoms with Crippen molar-refractivity contribution in [2.75, 3.05) is 6.61 Å². The molecular formula is C19H19N3O4. The number of carboxylic acids is 1. The third-order valence-corrected chi connectivity index (χ3v) is 3.95. The fraction of sp³-hybridized carbons (Fsp3) is 0.158. The van der Waals surface area contributed by atoms with Crippen molar-refractivity contribution in [2.45, 2.75) is 12.6 Å². The van der Waals surface area contributed by atoms with Crippen LogP contribution >= 0.6 is 0 Å². The second-order valence-corrected chi connectivity index (χ2v) is 5.77. The van der Waals surface area contributed by atoms with Crippen molar-refractivity contribution >= 4 is 11.7 Å². The van der Waals surface area contributed by atoms with Gasteiger partial charge in [0.2, 0.25) is 0 Å². The van der Waals surface area contributed by atoms with E-state index in [2.05, 4.69) is 10.5 Å². The molecule has 0 spiro atoms. The number of aromatic hydroxyl groups is 1. The zero-order valence-electron chi connectivity index (χ0n) is 13.9. The van der Waals surface area contributed by atoms with Gasteiger partial charge in [-0.2, -0.15) is 5.10 Å². The molecule has 1 heterocycles. The van der Waals surface area contributed by atoms with Crippen molar-refractivity contribution < 1.29 is 19.7 Å². The van der Waals surface area contributed by atoms with Crippen LogP contribution < -0.4 is 11.2 Å². The van der Waals surface area contributed by atoms with Crippen molar-refractivity contribution in [3.8, 4) is 5.75 Å². The summed E-state index contributed by atoms with van der Waals surface area (Å²) in [5.41, 5.74) is 11.0. The lowest BCUT2D eigenvalue weighted by atomic mass is 10.1. The number of ether oxygens (including phenoxy) is 1. The Balaban J connectivity index is 1.64. The first-order valence-electron chi connectivity index (χ1n) is 8.08. The molecule has 134 valence electrons. The highest BCUT2D eigenvalue weighted by Gasteiger charge is 2.18. The molecule has 3 rings (SSSR count). The van der Waals surface area contributed by atoms with E-state index in [1.54, 1.807) is 54.6 Å². The minimum Gasteiger partial charge on any atom is -0.507 e. The van der Waals surface area contributed by atoms with Gasteiger partial charge in [-0.05, 0) is 29.8 Å². The summed E-state index contributed by atoms with van der Waals surface area (Å²) in [6.07, 6.45) is 1.73. The number of hydrogen-bond donors (Lipinski definition) is 4. The van der Waals surface area contributed by atoms with Gasteiger partial charge in [0.05, 0.1) is 17.9 Å². The number of nitrogens with two attached hydrogens (primary N) is 1. The van der Waals surface area contributed by atoms with E-state index >= 15 is 0 Å². The highest BCUT2D eigenvalue weighted by atomic mass is 16.5. The molecule has 1 atom stereocenters. The lowest BCUT2D eigenvalue weighted by Crippen LogP contribution is -2.40. The van der Waals surface area contributed by atoms with E-state index < -0.39 is 12.1 Å². The Hall–Kier alpha value is -3.32. The maximum atomic E-state index is 10.9. The van der Waals surface area contributed by atoms with Crippen LogP contribution in [-0.4, -0.2) is 34.7 Å². The Morgan fingerprint density at radius 3 is 2.62 bits per heavy atom. The molecule has 0 aromatic heterocycles. The molecule has 7 heteroatoms. The van der Waals surface area contributed by atoms with Gasteiger partial charge in [-0.15, -0.1) is 0 Å². The highest BCUT2D eigenvalue weighted by molar-refractivity contribution is 6.11. The SMILES string of the molecule is NC1NN=C(c2ccccc2O)C=C1OCCc1ccc(C(=O)O)cc1. The first-order chi connectivity index (χ1) is 12.5. The van der Waals surface area contributed by atoms with Gasteiger partial charge in [0.15, 0.2) is 0 Å². The number of carbonyl (C=O) groups is 1. The summed E-state index contributed by atoms with van der Waals surface area (Å²) >= 11 is 0. The molecule has 0 amide bonds. The number of phenolic OH excluding ortho intramolecular Hbond substituents is 1. The number of nitrogens with zero attached hydrogens (tertiary/aromatic N) is 1. The Bertz CT molecular complexity index is 859. The first kappa shape index (κ1) is 17.5. The quantitative estimate of drug-likeness (QED) is 0.629. The fourth-order valence-corrected chi connectivity index (χ4v) is 2.52. The van der Waals surface area contributed by atoms with Crippen LogP contribution in [0.15, 0.2) is 65.5 Å². The molecule has 0 bridgehead atoms. The minimum atomic E-state index is -0.951. The van der Waals surface area contributed by atoms with Crippen LogP contribution in [0.25, 0.3) is 0 Å². The number of carboxylic acid groups (broad SMARTS) is 1. The number of hydrogen-bond acceptors (Lipinski definition) is 6. The maximum Gasteiger partial charge on any atom is 0.335 e. The maximum absolute atomic E-state index is 10.9. The standard InChI is InChI=1S/C19H19N3O4/c20-18-17(11-15(21-22-18)14-3-1-2-4-16(14)23)26-10-9-12-5-7-13(8-6-12)19(24)25/h1-8,11,18,22-23H,9-10,20H2,(H,24,25). The number of allylic oxidation sites excluding steroid dienone is 1. The lowest BCUT2D eigenvalue weighted by molar-refractivity contribution is 0.0697. The Morgan fingerprint density at radius 1 is 1.19 bits per heavy atom. The summed E-state index contributed by atoms with van der Waals surface area (Å²) in [4.78, 5) is 10.9. The normalized spacial score (nSPS) is 16.3. The second kappa shape index (κ2) is 7.71. The summed E-state index contributed by atoms with van der Waals surface area (Å²) in [5.74, 6) is -0.314. The average Bonchev–Trinajstić information content (AvgIpc) is 2.64. The van der Waals surface area contributed by atoms with Gasteiger partial charge in [0, 0.05) is 18.1 Å². The summed E-state index contributed by atoms with van der Waals surface area (Å²) < 4.78 is 5.76. The largest absolute Gasteiger partial charge is 0.507 e. The zero-order valence-corrected chi connectivity index (χ0v) is 13.9. The molecule has 1 aliphatic rings. The van der Waals surface area contributed by atoms with E-state index in [-0.39, 0.29) is 11.3 Å². The third kappa shape index (κ3) is 4.01. The zero-order chi connectivity index (χ0) is 18.5. The number of phenols is 1. The number of aromatic carboxylic acids is 1. The number of benzene rings is 2. The van der Waals surface area contributed by atoms with Crippen LogP contribution in [-0.2, 0) is 11.2 Å². The summed E-state index contributed by atoms with van der Waals surface area (Å²) in [7, 11) is 0. The average molecular weight is 353 g/mol. The molecule has 1 unspecified atom stereocenters. The molecule has 1 aliphatic heterocycles. The summed E-state index contributed by atoms with van der Waals surface area (Å²) in [5, 5.41) is 23.0. The van der Waals surface area contributed by atoms with E-state index in [0.29, 0.717) is 30.1 Å². The molecule has 0 saturated heterocycles. The molecular weight excluding hydrogens is 334 g/mol. The molecule has 7 nitrogen and oxygen atoms in total. The van der Waals surface area contributed by atoms with Gasteiger partial charge in [-0.25, -0.2) is 4.79 Å². The van der Waals surface area contributed by atoms with Crippen molar-refractivity contribution in [1.29, 1.82) is 0 Å². The smallest absolute Gasteiger partial charge is 0.335 e. The third-order valence-electron chi connectivity index (χ3n) is 3.95. The van der Waals surface area contributed by atoms with Crippen molar-refractivity contribution in [1.82, 2.24) is 5.43 Å². The van der Waals surface area contributed by atoms with E-state index in [9.17, 15) is 9.90 Å². The van der Waals surface area contributed by atoms with Crippen LogP contribution in [0.5, 0.6) is 5.75 Å². The molecule has 5 N–H and O–H groups in total. The Morgan fingerprint density at radius 2 is 1.92 bits per heavy atom. The summed E-state index contributed by atoms with van der Waals surface area (Å²) in [6.45, 7) is 0.377. The predicted octanol–water partition coefficient (Wildman–Crippen LogP) is 1.83. The predicted molar refractivity (Wildman–Crippen MR) is 96.9 cm³/mol. The Labute approximate surface area is 150 Å². The van der Waals surface area contributed by atoms with Gasteiger partial charge in [-0.1, -0.05) is 24.3 Å². The highest BCUT2D eigenvalue weighted by Crippen LogP contribution is 2.20. The monoisotopic (exact) mass is 353 g/mol. The van der Waals surface area contributed by atoms with Crippen LogP contribution in [0.4, 0.5) is 0 Å². The number of rotatable bonds is 6. The van der Waals surface area contributed by atoms with E-state index in [1.165, 1.54) is 0 Å². The first-order valence-corrected chi connectivity index (χ1v) is 8.08. The van der Waals surface area contributed by atoms with Crippen LogP contribution in [0.2, 0.25) is 0 Å². The topological polar surface area (TPSA) is 117 Å². The molecule has 26 heavy (non-hydrogen) atoms. The number of hydrazone groups is 1. The Kier molecular flexibility index (Phi) is 5.19. The van der Waals surface area contributed by atoms with Gasteiger partial charge in [0.25, 0.3) is 0 Å². The molecule has 0 aliphatic carbocycles. The van der Waals surface area contributed by atoms with Crippen LogP contribution in [0.1, 0.15) is 21.5 Å². The van der Waals surface area contributed by atoms with Crippen LogP contribution in [0, 0.1) is 0 Å². The number of para-hydroxylation sites is 1. The van der Waals surface area contributed by atoms with E-state index in [0.717, 1.165) is 5.56 Å². The van der Waals surface area contributed by atoms with Crippen molar-refractivity contribution in [3.05, 3.63) is 77.1 Å². The van der Waals surface area contributed by atoms with Gasteiger partial charge in [-0.3, -0.25) is 5.43 Å². The van der Waals surface area contributed by atoms with Crippen LogP contribution in [0.3, 0.4) is 0 Å². The van der Waals surface area contributed by atoms with Gasteiger partial charge >= 0.3 is 5.97 Å². The van der Waals surface area contributed by atoms with Crippen molar-refractivity contribution in [3.63, 3.8) is 0 Å². The second-order valence-electron chi connectivity index (χ2n) is 5.77. The fourth-order valence-electron chi connectivity index (χ4n) is 2.52. The number of nitrogens with one attached hydrogen (secondary N) is 1. The van der Waals surface area contributed by atoms with E-state index in [1.807, 2.05) is 0 Å². The van der Waals surface area contributed by atoms with Crippen molar-refractivity contribution in [2.24, 2.45) is 10.8 Å². The molecule has 2 aromatic rings. The summed E-state index contributed by atoms with van der Waals surface area (Å²) in [6, 6.07) is 13.5. The van der Waals surface area contributed by atoms with E-state index in [4.69, 9.17) is 15.6 Å². The van der Waals surface area contributed by atoms with Gasteiger partial charge < -0.3 is 20.7 Å².